The van der Waals surface area contributed by atoms with E-state index in [2.05, 4.69) is 6.92 Å². The number of hydrogen-bond acceptors (Lipinski definition) is 1. The Morgan fingerprint density at radius 3 is 2.44 bits per heavy atom. The summed E-state index contributed by atoms with van der Waals surface area (Å²) in [6.45, 7) is 3.73. The van der Waals surface area contributed by atoms with E-state index in [9.17, 15) is 4.55 Å². The molecule has 0 aliphatic rings. The Morgan fingerprint density at radius 1 is 1.33 bits per heavy atom. The smallest absolute Gasteiger partial charge is 0.105 e. The zero-order valence-electron chi connectivity index (χ0n) is 6.06. The van der Waals surface area contributed by atoms with Crippen molar-refractivity contribution in [3.8, 4) is 0 Å². The average Bonchev–Trinajstić information content (AvgIpc) is 1.80. The van der Waals surface area contributed by atoms with Gasteiger partial charge < -0.3 is 4.55 Å². The van der Waals surface area contributed by atoms with Crippen molar-refractivity contribution in [2.24, 2.45) is 0 Å². The van der Waals surface area contributed by atoms with Gasteiger partial charge in [0, 0.05) is 0 Å². The monoisotopic (exact) mass is 147 g/mol. The van der Waals surface area contributed by atoms with Gasteiger partial charge in [0.05, 0.1) is 6.26 Å². The Labute approximate surface area is 61.0 Å². The molecule has 55 valence electrons. The van der Waals surface area contributed by atoms with E-state index in [0.29, 0.717) is 0 Å². The Hall–Kier alpha value is 0.310. The largest absolute Gasteiger partial charge is 0.617 e. The minimum Gasteiger partial charge on any atom is -0.617 e. The fourth-order valence-electron chi connectivity index (χ4n) is 0.659. The highest BCUT2D eigenvalue weighted by Gasteiger charge is 1.94. The molecule has 0 amide bonds. The number of unbranched alkanes of at least 4 members (excludes halogenated alkanes) is 3. The molecule has 0 heterocycles. The van der Waals surface area contributed by atoms with E-state index in [-0.39, 0.29) is 0 Å². The van der Waals surface area contributed by atoms with Gasteiger partial charge in [0.2, 0.25) is 0 Å². The van der Waals surface area contributed by atoms with Crippen molar-refractivity contribution in [1.29, 1.82) is 0 Å². The summed E-state index contributed by atoms with van der Waals surface area (Å²) >= 11 is -0.589. The highest BCUT2D eigenvalue weighted by atomic mass is 32.2. The molecule has 2 heteroatoms. The molecule has 0 fully saturated rings. The summed E-state index contributed by atoms with van der Waals surface area (Å²) in [6.07, 6.45) is 6.22. The van der Waals surface area contributed by atoms with Crippen LogP contribution < -0.4 is 0 Å². The van der Waals surface area contributed by atoms with Gasteiger partial charge in [0.1, 0.15) is 5.75 Å². The molecule has 1 radical (unpaired) electrons. The molecular formula is C7H15OS. The second kappa shape index (κ2) is 6.43. The lowest BCUT2D eigenvalue weighted by Crippen LogP contribution is -2.02. The summed E-state index contributed by atoms with van der Waals surface area (Å²) in [4.78, 5) is 0. The molecule has 0 saturated carbocycles. The maximum Gasteiger partial charge on any atom is 0.105 e. The van der Waals surface area contributed by atoms with Crippen molar-refractivity contribution >= 4 is 11.2 Å². The summed E-state index contributed by atoms with van der Waals surface area (Å²) in [5.74, 6) is 0.861. The van der Waals surface area contributed by atoms with Crippen molar-refractivity contribution in [1.82, 2.24) is 0 Å². The molecule has 1 atom stereocenters. The molecule has 1 nitrogen and oxygen atoms in total. The first-order valence-corrected chi connectivity index (χ1v) is 5.09. The molecular weight excluding hydrogens is 132 g/mol. The third-order valence-corrected chi connectivity index (χ3v) is 2.05. The van der Waals surface area contributed by atoms with E-state index >= 15 is 0 Å². The highest BCUT2D eigenvalue weighted by Crippen LogP contribution is 2.00. The molecule has 0 rings (SSSR count). The normalized spacial score (nSPS) is 13.7. The third-order valence-electron chi connectivity index (χ3n) is 1.18. The van der Waals surface area contributed by atoms with Crippen molar-refractivity contribution in [3.05, 3.63) is 6.92 Å². The highest BCUT2D eigenvalue weighted by molar-refractivity contribution is 7.90. The fraction of sp³-hybridized carbons (Fsp3) is 0.857. The van der Waals surface area contributed by atoms with Gasteiger partial charge in [-0.3, -0.25) is 0 Å². The zero-order valence-corrected chi connectivity index (χ0v) is 6.88. The van der Waals surface area contributed by atoms with Crippen LogP contribution in [0.2, 0.25) is 0 Å². The van der Waals surface area contributed by atoms with Crippen LogP contribution in [0.4, 0.5) is 0 Å². The van der Waals surface area contributed by atoms with Gasteiger partial charge >= 0.3 is 0 Å². The van der Waals surface area contributed by atoms with E-state index in [0.717, 1.165) is 18.6 Å². The third kappa shape index (κ3) is 8.31. The summed E-state index contributed by atoms with van der Waals surface area (Å²) < 4.78 is 10.5. The molecule has 0 saturated heterocycles. The SMILES string of the molecule is [CH2]CCCCC[S+](C)[O-]. The van der Waals surface area contributed by atoms with Crippen molar-refractivity contribution in [2.45, 2.75) is 25.7 Å². The van der Waals surface area contributed by atoms with E-state index in [1.54, 1.807) is 6.26 Å². The average molecular weight is 147 g/mol. The lowest BCUT2D eigenvalue weighted by atomic mass is 10.2. The Bertz CT molecular complexity index is 54.9. The van der Waals surface area contributed by atoms with Crippen molar-refractivity contribution in [2.75, 3.05) is 12.0 Å². The van der Waals surface area contributed by atoms with Crippen LogP contribution in [0.5, 0.6) is 0 Å². The Balaban J connectivity index is 2.75. The molecule has 9 heavy (non-hydrogen) atoms. The van der Waals surface area contributed by atoms with Crippen molar-refractivity contribution < 1.29 is 4.55 Å². The van der Waals surface area contributed by atoms with Crippen LogP contribution >= 0.6 is 0 Å². The topological polar surface area (TPSA) is 23.1 Å². The molecule has 0 aliphatic carbocycles. The first kappa shape index (κ1) is 9.31. The van der Waals surface area contributed by atoms with E-state index in [1.165, 1.54) is 12.8 Å². The van der Waals surface area contributed by atoms with E-state index < -0.39 is 11.2 Å². The minimum absolute atomic E-state index is 0.589. The first-order chi connectivity index (χ1) is 4.27. The van der Waals surface area contributed by atoms with Crippen LogP contribution in [-0.4, -0.2) is 16.6 Å². The number of hydrogen-bond donors (Lipinski definition) is 0. The van der Waals surface area contributed by atoms with E-state index in [4.69, 9.17) is 0 Å². The van der Waals surface area contributed by atoms with Crippen LogP contribution in [-0.2, 0) is 11.2 Å². The predicted octanol–water partition coefficient (Wildman–Crippen LogP) is 1.76. The Kier molecular flexibility index (Phi) is 6.65. The van der Waals surface area contributed by atoms with Crippen LogP contribution in [0.3, 0.4) is 0 Å². The predicted molar refractivity (Wildman–Crippen MR) is 42.8 cm³/mol. The lowest BCUT2D eigenvalue weighted by Gasteiger charge is -2.02. The van der Waals surface area contributed by atoms with Crippen molar-refractivity contribution in [3.63, 3.8) is 0 Å². The summed E-state index contributed by atoms with van der Waals surface area (Å²) in [7, 11) is 0. The van der Waals surface area contributed by atoms with Gasteiger partial charge in [-0.05, 0) is 12.8 Å². The second-order valence-corrected chi connectivity index (χ2v) is 3.75. The molecule has 0 spiro atoms. The number of rotatable bonds is 5. The quantitative estimate of drug-likeness (QED) is 0.429. The van der Waals surface area contributed by atoms with E-state index in [1.807, 2.05) is 0 Å². The summed E-state index contributed by atoms with van der Waals surface area (Å²) in [5.41, 5.74) is 0. The second-order valence-electron chi connectivity index (χ2n) is 2.19. The van der Waals surface area contributed by atoms with Crippen LogP contribution in [0, 0.1) is 6.92 Å². The molecule has 0 aliphatic heterocycles. The van der Waals surface area contributed by atoms with Gasteiger partial charge in [-0.1, -0.05) is 30.9 Å². The van der Waals surface area contributed by atoms with Gasteiger partial charge in [-0.25, -0.2) is 0 Å². The summed E-state index contributed by atoms with van der Waals surface area (Å²) in [6, 6.07) is 0. The molecule has 0 bridgehead atoms. The maximum atomic E-state index is 10.5. The maximum absolute atomic E-state index is 10.5. The molecule has 1 unspecified atom stereocenters. The lowest BCUT2D eigenvalue weighted by molar-refractivity contribution is 0.594. The van der Waals surface area contributed by atoms with Crippen LogP contribution in [0.25, 0.3) is 0 Å². The molecule has 0 aromatic heterocycles. The van der Waals surface area contributed by atoms with Crippen LogP contribution in [0.1, 0.15) is 25.7 Å². The minimum atomic E-state index is -0.589. The molecule has 0 aromatic carbocycles. The fourth-order valence-corrected chi connectivity index (χ4v) is 1.27. The van der Waals surface area contributed by atoms with Gasteiger partial charge in [0.25, 0.3) is 0 Å². The summed E-state index contributed by atoms with van der Waals surface area (Å²) in [5, 5.41) is 0. The van der Waals surface area contributed by atoms with Gasteiger partial charge in [-0.2, -0.15) is 0 Å². The molecule has 0 N–H and O–H groups in total. The Morgan fingerprint density at radius 2 is 2.00 bits per heavy atom. The van der Waals surface area contributed by atoms with Gasteiger partial charge in [0.15, 0.2) is 0 Å². The first-order valence-electron chi connectivity index (χ1n) is 3.36. The van der Waals surface area contributed by atoms with Crippen LogP contribution in [0.15, 0.2) is 0 Å². The molecule has 0 aromatic rings. The van der Waals surface area contributed by atoms with Gasteiger partial charge in [-0.15, -0.1) is 0 Å². The standard InChI is InChI=1S/C7H15OS/c1-3-4-5-6-7-9(2)8/h1,3-7H2,2H3. The zero-order chi connectivity index (χ0) is 7.11.